The van der Waals surface area contributed by atoms with Crippen molar-refractivity contribution in [3.05, 3.63) is 65.6 Å². The van der Waals surface area contributed by atoms with E-state index in [9.17, 15) is 4.79 Å². The fourth-order valence-electron chi connectivity index (χ4n) is 4.86. The van der Waals surface area contributed by atoms with Gasteiger partial charge in [0.1, 0.15) is 0 Å². The highest BCUT2D eigenvalue weighted by Gasteiger charge is 2.49. The van der Waals surface area contributed by atoms with Crippen molar-refractivity contribution in [2.75, 3.05) is 6.61 Å². The van der Waals surface area contributed by atoms with Crippen LogP contribution in [0.5, 0.6) is 5.88 Å². The lowest BCUT2D eigenvalue weighted by molar-refractivity contribution is 0.0709. The van der Waals surface area contributed by atoms with Crippen molar-refractivity contribution < 1.29 is 9.53 Å². The summed E-state index contributed by atoms with van der Waals surface area (Å²) in [5.41, 5.74) is 3.55. The van der Waals surface area contributed by atoms with E-state index in [2.05, 4.69) is 20.1 Å². The zero-order valence-electron chi connectivity index (χ0n) is 17.2. The molecule has 0 N–H and O–H groups in total. The Morgan fingerprint density at radius 2 is 1.87 bits per heavy atom. The van der Waals surface area contributed by atoms with Crippen LogP contribution in [0.2, 0.25) is 0 Å². The summed E-state index contributed by atoms with van der Waals surface area (Å²) in [4.78, 5) is 21.5. The Labute approximate surface area is 175 Å². The van der Waals surface area contributed by atoms with Crippen LogP contribution in [0.15, 0.2) is 48.9 Å². The van der Waals surface area contributed by atoms with E-state index in [1.54, 1.807) is 18.6 Å². The van der Waals surface area contributed by atoms with Gasteiger partial charge in [-0.15, -0.1) is 0 Å². The number of rotatable bonds is 5. The number of hydrogen-bond donors (Lipinski definition) is 0. The van der Waals surface area contributed by atoms with Crippen LogP contribution >= 0.6 is 0 Å². The number of hydrogen-bond acceptors (Lipinski definition) is 5. The van der Waals surface area contributed by atoms with Crippen LogP contribution in [-0.4, -0.2) is 49.5 Å². The van der Waals surface area contributed by atoms with Crippen molar-refractivity contribution in [1.29, 1.82) is 0 Å². The first kappa shape index (κ1) is 18.8. The first-order valence-corrected chi connectivity index (χ1v) is 10.5. The summed E-state index contributed by atoms with van der Waals surface area (Å²) in [6.07, 6.45) is 8.07. The lowest BCUT2D eigenvalue weighted by Crippen LogP contribution is -2.38. The molecule has 2 saturated heterocycles. The van der Waals surface area contributed by atoms with Crippen LogP contribution in [0.3, 0.4) is 0 Å². The lowest BCUT2D eigenvalue weighted by atomic mass is 9.90. The molecule has 2 fully saturated rings. The fraction of sp³-hybridized carbons (Fsp3) is 0.391. The number of aromatic nitrogens is 4. The summed E-state index contributed by atoms with van der Waals surface area (Å²) in [5.74, 6) is 1.04. The third-order valence-corrected chi connectivity index (χ3v) is 6.25. The number of pyridine rings is 1. The molecule has 2 bridgehead atoms. The topological polar surface area (TPSA) is 73.1 Å². The van der Waals surface area contributed by atoms with Gasteiger partial charge in [0.2, 0.25) is 5.88 Å². The minimum absolute atomic E-state index is 0.0645. The molecule has 2 aliphatic heterocycles. The van der Waals surface area contributed by atoms with Crippen LogP contribution in [-0.2, 0) is 0 Å². The number of carbonyl (C=O) groups excluding carboxylic acids is 1. The number of benzene rings is 1. The largest absolute Gasteiger partial charge is 0.477 e. The van der Waals surface area contributed by atoms with Gasteiger partial charge in [-0.05, 0) is 56.9 Å². The van der Waals surface area contributed by atoms with Gasteiger partial charge in [0.05, 0.1) is 30.3 Å². The molecule has 1 aromatic carbocycles. The van der Waals surface area contributed by atoms with Gasteiger partial charge in [-0.3, -0.25) is 4.79 Å². The summed E-state index contributed by atoms with van der Waals surface area (Å²) < 4.78 is 5.99. The zero-order chi connectivity index (χ0) is 20.7. The molecule has 30 heavy (non-hydrogen) atoms. The predicted octanol–water partition coefficient (Wildman–Crippen LogP) is 3.35. The van der Waals surface area contributed by atoms with Gasteiger partial charge < -0.3 is 9.64 Å². The SMILES string of the molecule is Cc1ccnc(OCC2CC3CCC2N3C(=O)c2cc(C)ccc2-n2nccn2)c1. The fourth-order valence-corrected chi connectivity index (χ4v) is 4.86. The predicted molar refractivity (Wildman–Crippen MR) is 112 cm³/mol. The molecule has 3 aromatic rings. The zero-order valence-corrected chi connectivity index (χ0v) is 17.2. The normalized spacial score (nSPS) is 22.5. The van der Waals surface area contributed by atoms with Crippen LogP contribution in [0.4, 0.5) is 0 Å². The summed E-state index contributed by atoms with van der Waals surface area (Å²) in [6.45, 7) is 4.62. The van der Waals surface area contributed by atoms with E-state index in [0.29, 0.717) is 24.0 Å². The highest BCUT2D eigenvalue weighted by Crippen LogP contribution is 2.43. The van der Waals surface area contributed by atoms with Crippen LogP contribution in [0.1, 0.15) is 40.7 Å². The van der Waals surface area contributed by atoms with Gasteiger partial charge in [-0.2, -0.15) is 15.0 Å². The first-order chi connectivity index (χ1) is 14.6. The Hall–Kier alpha value is -3.22. The number of aryl methyl sites for hydroxylation is 2. The van der Waals surface area contributed by atoms with Crippen molar-refractivity contribution in [1.82, 2.24) is 24.9 Å². The number of fused-ring (bicyclic) bond motifs is 2. The van der Waals surface area contributed by atoms with E-state index in [0.717, 1.165) is 36.1 Å². The molecule has 7 heteroatoms. The number of carbonyl (C=O) groups is 1. The van der Waals surface area contributed by atoms with Gasteiger partial charge in [0.25, 0.3) is 5.91 Å². The second-order valence-electron chi connectivity index (χ2n) is 8.33. The maximum absolute atomic E-state index is 13.6. The average Bonchev–Trinajstić information content (AvgIpc) is 3.48. The Morgan fingerprint density at radius 1 is 1.07 bits per heavy atom. The summed E-state index contributed by atoms with van der Waals surface area (Å²) >= 11 is 0. The van der Waals surface area contributed by atoms with E-state index >= 15 is 0 Å². The molecule has 2 aromatic heterocycles. The summed E-state index contributed by atoms with van der Waals surface area (Å²) in [7, 11) is 0. The minimum atomic E-state index is 0.0645. The maximum atomic E-state index is 13.6. The van der Waals surface area contributed by atoms with Crippen LogP contribution < -0.4 is 4.74 Å². The van der Waals surface area contributed by atoms with Gasteiger partial charge in [-0.25, -0.2) is 4.98 Å². The lowest BCUT2D eigenvalue weighted by Gasteiger charge is -2.25. The van der Waals surface area contributed by atoms with E-state index in [4.69, 9.17) is 4.74 Å². The molecule has 0 radical (unpaired) electrons. The summed E-state index contributed by atoms with van der Waals surface area (Å²) in [6, 6.07) is 10.2. The van der Waals surface area contributed by atoms with Crippen molar-refractivity contribution in [2.24, 2.45) is 5.92 Å². The molecule has 0 spiro atoms. The monoisotopic (exact) mass is 403 g/mol. The quantitative estimate of drug-likeness (QED) is 0.653. The van der Waals surface area contributed by atoms with Crippen LogP contribution in [0, 0.1) is 19.8 Å². The van der Waals surface area contributed by atoms with E-state index < -0.39 is 0 Å². The third kappa shape index (κ3) is 3.34. The Morgan fingerprint density at radius 3 is 2.67 bits per heavy atom. The van der Waals surface area contributed by atoms with E-state index in [-0.39, 0.29) is 18.0 Å². The molecule has 3 atom stereocenters. The Balaban J connectivity index is 1.37. The van der Waals surface area contributed by atoms with Gasteiger partial charge in [0, 0.05) is 30.3 Å². The molecule has 7 nitrogen and oxygen atoms in total. The number of ether oxygens (including phenoxy) is 1. The van der Waals surface area contributed by atoms with E-state index in [1.807, 2.05) is 44.2 Å². The molecule has 0 aliphatic carbocycles. The second kappa shape index (κ2) is 7.55. The second-order valence-corrected chi connectivity index (χ2v) is 8.33. The molecule has 1 amide bonds. The summed E-state index contributed by atoms with van der Waals surface area (Å²) in [5, 5.41) is 8.46. The molecule has 2 aliphatic rings. The van der Waals surface area contributed by atoms with Crippen LogP contribution in [0.25, 0.3) is 5.69 Å². The van der Waals surface area contributed by atoms with Crippen molar-refractivity contribution >= 4 is 5.91 Å². The molecular weight excluding hydrogens is 378 g/mol. The molecule has 0 saturated carbocycles. The molecular formula is C23H25N5O2. The highest BCUT2D eigenvalue weighted by molar-refractivity contribution is 5.98. The molecule has 5 rings (SSSR count). The van der Waals surface area contributed by atoms with Gasteiger partial charge in [0.15, 0.2) is 0 Å². The Bertz CT molecular complexity index is 1070. The van der Waals surface area contributed by atoms with Crippen molar-refractivity contribution in [2.45, 2.75) is 45.2 Å². The van der Waals surface area contributed by atoms with Gasteiger partial charge in [-0.1, -0.05) is 11.6 Å². The van der Waals surface area contributed by atoms with Gasteiger partial charge >= 0.3 is 0 Å². The first-order valence-electron chi connectivity index (χ1n) is 10.5. The highest BCUT2D eigenvalue weighted by atomic mass is 16.5. The third-order valence-electron chi connectivity index (χ3n) is 6.25. The number of nitrogens with zero attached hydrogens (tertiary/aromatic N) is 5. The average molecular weight is 403 g/mol. The molecule has 4 heterocycles. The van der Waals surface area contributed by atoms with Crippen molar-refractivity contribution in [3.63, 3.8) is 0 Å². The Kier molecular flexibility index (Phi) is 4.73. The maximum Gasteiger partial charge on any atom is 0.256 e. The molecule has 154 valence electrons. The van der Waals surface area contributed by atoms with Crippen molar-refractivity contribution in [3.8, 4) is 11.6 Å². The number of amides is 1. The van der Waals surface area contributed by atoms with E-state index in [1.165, 1.54) is 4.80 Å². The molecule has 3 unspecified atom stereocenters. The standard InChI is InChI=1S/C23H25N5O2/c1-15-3-5-21(28-25-9-10-26-28)19(11-15)23(29)27-18-4-6-20(27)17(13-18)14-30-22-12-16(2)7-8-24-22/h3,5,7-12,17-18,20H,4,6,13-14H2,1-2H3. The minimum Gasteiger partial charge on any atom is -0.477 e. The smallest absolute Gasteiger partial charge is 0.256 e.